The van der Waals surface area contributed by atoms with Crippen molar-refractivity contribution in [1.82, 2.24) is 20.0 Å². The number of hydrogen-bond acceptors (Lipinski definition) is 7. The van der Waals surface area contributed by atoms with E-state index in [9.17, 15) is 20.2 Å². The Kier molecular flexibility index (Phi) is 2.45. The largest absolute Gasteiger partial charge is 0.363 e. The highest BCUT2D eigenvalue weighted by molar-refractivity contribution is 5.53. The molecule has 0 fully saturated rings. The Morgan fingerprint density at radius 2 is 2.11 bits per heavy atom. The molecule has 0 aliphatic carbocycles. The van der Waals surface area contributed by atoms with Crippen molar-refractivity contribution in [2.45, 2.75) is 0 Å². The van der Waals surface area contributed by atoms with Gasteiger partial charge in [0.05, 0.1) is 4.92 Å². The number of nitriles is 1. The summed E-state index contributed by atoms with van der Waals surface area (Å²) in [7, 11) is 0. The number of aromatic nitrogens is 4. The first-order valence-electron chi connectivity index (χ1n) is 4.37. The lowest BCUT2D eigenvalue weighted by Gasteiger charge is -1.92. The highest BCUT2D eigenvalue weighted by Gasteiger charge is 2.24. The highest BCUT2D eigenvalue weighted by atomic mass is 16.6. The van der Waals surface area contributed by atoms with Crippen LogP contribution in [0.25, 0.3) is 5.82 Å². The first-order valence-corrected chi connectivity index (χ1v) is 4.37. The second-order valence-corrected chi connectivity index (χ2v) is 3.04. The van der Waals surface area contributed by atoms with Crippen molar-refractivity contribution in [2.75, 3.05) is 0 Å². The van der Waals surface area contributed by atoms with Crippen molar-refractivity contribution >= 4 is 11.5 Å². The van der Waals surface area contributed by atoms with E-state index in [0.29, 0.717) is 0 Å². The molecule has 0 unspecified atom stereocenters. The lowest BCUT2D eigenvalue weighted by molar-refractivity contribution is -0.389. The van der Waals surface area contributed by atoms with Crippen LogP contribution < -0.4 is 0 Å². The highest BCUT2D eigenvalue weighted by Crippen LogP contribution is 2.21. The lowest BCUT2D eigenvalue weighted by Crippen LogP contribution is -1.98. The Bertz CT molecular complexity index is 678. The molecular formula is C7H3N7O4. The molecule has 0 bridgehead atoms. The van der Waals surface area contributed by atoms with Crippen LogP contribution >= 0.6 is 0 Å². The maximum Gasteiger partial charge on any atom is 0.363 e. The molecule has 2 aromatic rings. The predicted molar refractivity (Wildman–Crippen MR) is 53.7 cm³/mol. The van der Waals surface area contributed by atoms with Gasteiger partial charge in [-0.05, 0) is 4.92 Å². The fraction of sp³-hybridized carbons (Fsp3) is 0. The van der Waals surface area contributed by atoms with Crippen LogP contribution in [0.3, 0.4) is 0 Å². The predicted octanol–water partition coefficient (Wildman–Crippen LogP) is 0.283. The first-order chi connectivity index (χ1) is 8.54. The zero-order valence-electron chi connectivity index (χ0n) is 8.47. The quantitative estimate of drug-likeness (QED) is 0.604. The summed E-state index contributed by atoms with van der Waals surface area (Å²) in [6, 6.07) is 1.60. The van der Waals surface area contributed by atoms with Crippen molar-refractivity contribution in [3.63, 3.8) is 0 Å². The molecule has 2 aromatic heterocycles. The molecule has 11 nitrogen and oxygen atoms in total. The molecule has 1 N–H and O–H groups in total. The molecule has 0 aliphatic rings. The van der Waals surface area contributed by atoms with Crippen molar-refractivity contribution < 1.29 is 9.85 Å². The Hall–Kier alpha value is -3.29. The summed E-state index contributed by atoms with van der Waals surface area (Å²) in [6.07, 6.45) is 1.95. The molecule has 90 valence electrons. The molecule has 0 saturated heterocycles. The second-order valence-electron chi connectivity index (χ2n) is 3.04. The summed E-state index contributed by atoms with van der Waals surface area (Å²) in [4.78, 5) is 19.6. The Labute approximate surface area is 97.6 Å². The van der Waals surface area contributed by atoms with Crippen LogP contribution in [0.5, 0.6) is 0 Å². The van der Waals surface area contributed by atoms with Gasteiger partial charge in [0.15, 0.2) is 5.56 Å². The van der Waals surface area contributed by atoms with Crippen LogP contribution in [-0.2, 0) is 0 Å². The zero-order chi connectivity index (χ0) is 13.3. The summed E-state index contributed by atoms with van der Waals surface area (Å²) in [5, 5.41) is 39.1. The van der Waals surface area contributed by atoms with Gasteiger partial charge in [-0.15, -0.1) is 5.10 Å². The number of nitrogens with one attached hydrogen (secondary N) is 1. The number of nitrogens with zero attached hydrogens (tertiary/aromatic N) is 6. The average Bonchev–Trinajstić information content (AvgIpc) is 2.94. The fourth-order valence-electron chi connectivity index (χ4n) is 1.25. The van der Waals surface area contributed by atoms with Gasteiger partial charge < -0.3 is 10.1 Å². The monoisotopic (exact) mass is 249 g/mol. The van der Waals surface area contributed by atoms with Gasteiger partial charge in [0.1, 0.15) is 18.5 Å². The second kappa shape index (κ2) is 3.94. The molecule has 0 radical (unpaired) electrons. The van der Waals surface area contributed by atoms with E-state index >= 15 is 0 Å². The molecular weight excluding hydrogens is 246 g/mol. The third kappa shape index (κ3) is 1.63. The Morgan fingerprint density at radius 3 is 2.61 bits per heavy atom. The van der Waals surface area contributed by atoms with E-state index in [1.54, 1.807) is 6.07 Å². The van der Waals surface area contributed by atoms with Gasteiger partial charge in [-0.25, -0.2) is 4.68 Å². The third-order valence-electron chi connectivity index (χ3n) is 2.02. The maximum atomic E-state index is 10.6. The average molecular weight is 249 g/mol. The minimum Gasteiger partial charge on any atom is -0.358 e. The summed E-state index contributed by atoms with van der Waals surface area (Å²) in [5.74, 6) is -0.761. The van der Waals surface area contributed by atoms with Crippen LogP contribution in [-0.4, -0.2) is 29.8 Å². The normalized spacial score (nSPS) is 9.94. The minimum absolute atomic E-state index is 0.169. The number of nitro groups is 2. The summed E-state index contributed by atoms with van der Waals surface area (Å²) in [6.45, 7) is 0. The summed E-state index contributed by atoms with van der Waals surface area (Å²) >= 11 is 0. The third-order valence-corrected chi connectivity index (χ3v) is 2.02. The standard InChI is InChI=1S/C7H3N7O4/c8-1-5-6(10-11-7(5)14(17)18)12-3-4(2-9-12)13(15)16/h2-3H,(H,10,11). The molecule has 0 spiro atoms. The number of aromatic amines is 1. The molecule has 2 heterocycles. The smallest absolute Gasteiger partial charge is 0.358 e. The van der Waals surface area contributed by atoms with Gasteiger partial charge >= 0.3 is 11.5 Å². The van der Waals surface area contributed by atoms with Crippen LogP contribution in [0, 0.1) is 31.6 Å². The molecule has 0 atom stereocenters. The number of H-pyrrole nitrogens is 1. The van der Waals surface area contributed by atoms with Gasteiger partial charge in [0.2, 0.25) is 5.82 Å². The van der Waals surface area contributed by atoms with E-state index in [1.165, 1.54) is 0 Å². The molecule has 0 saturated carbocycles. The first kappa shape index (κ1) is 11.2. The molecule has 2 rings (SSSR count). The van der Waals surface area contributed by atoms with E-state index in [0.717, 1.165) is 17.1 Å². The Morgan fingerprint density at radius 1 is 1.39 bits per heavy atom. The van der Waals surface area contributed by atoms with Gasteiger partial charge in [0.25, 0.3) is 0 Å². The summed E-state index contributed by atoms with van der Waals surface area (Å²) < 4.78 is 0.917. The van der Waals surface area contributed by atoms with Crippen LogP contribution in [0.15, 0.2) is 12.4 Å². The van der Waals surface area contributed by atoms with Gasteiger partial charge in [-0.2, -0.15) is 10.4 Å². The van der Waals surface area contributed by atoms with Gasteiger partial charge in [-0.3, -0.25) is 10.1 Å². The van der Waals surface area contributed by atoms with Crippen molar-refractivity contribution in [1.29, 1.82) is 5.26 Å². The van der Waals surface area contributed by atoms with Crippen LogP contribution in [0.1, 0.15) is 5.56 Å². The lowest BCUT2D eigenvalue weighted by atomic mass is 10.3. The van der Waals surface area contributed by atoms with E-state index in [-0.39, 0.29) is 17.1 Å². The molecule has 11 heteroatoms. The molecule has 0 amide bonds. The van der Waals surface area contributed by atoms with Crippen molar-refractivity contribution in [3.8, 4) is 11.9 Å². The van der Waals surface area contributed by atoms with E-state index in [2.05, 4.69) is 15.3 Å². The molecule has 0 aromatic carbocycles. The summed E-state index contributed by atoms with van der Waals surface area (Å²) in [5.41, 5.74) is -0.664. The topological polar surface area (TPSA) is 157 Å². The maximum absolute atomic E-state index is 10.6. The van der Waals surface area contributed by atoms with E-state index < -0.39 is 15.7 Å². The molecule has 18 heavy (non-hydrogen) atoms. The van der Waals surface area contributed by atoms with Gasteiger partial charge in [-0.1, -0.05) is 5.10 Å². The van der Waals surface area contributed by atoms with Gasteiger partial charge in [0, 0.05) is 0 Å². The van der Waals surface area contributed by atoms with E-state index in [4.69, 9.17) is 5.26 Å². The number of rotatable bonds is 3. The van der Waals surface area contributed by atoms with Crippen molar-refractivity contribution in [3.05, 3.63) is 38.2 Å². The Balaban J connectivity index is 2.54. The number of hydrogen-bond donors (Lipinski definition) is 1. The van der Waals surface area contributed by atoms with E-state index in [1.807, 2.05) is 0 Å². The SMILES string of the molecule is N#Cc1c(-n2cc([N+](=O)[O-])cn2)n[nH]c1[N+](=O)[O-]. The fourth-order valence-corrected chi connectivity index (χ4v) is 1.25. The zero-order valence-corrected chi connectivity index (χ0v) is 8.47. The van der Waals surface area contributed by atoms with Crippen LogP contribution in [0.4, 0.5) is 11.5 Å². The molecule has 0 aliphatic heterocycles. The minimum atomic E-state index is -0.813. The van der Waals surface area contributed by atoms with Crippen LogP contribution in [0.2, 0.25) is 0 Å². The van der Waals surface area contributed by atoms with Crippen molar-refractivity contribution in [2.24, 2.45) is 0 Å².